The molecule has 1 unspecified atom stereocenters. The van der Waals surface area contributed by atoms with Gasteiger partial charge in [-0.05, 0) is 26.7 Å². The molecule has 0 aliphatic carbocycles. The number of allylic oxidation sites excluding steroid dienone is 2. The van der Waals surface area contributed by atoms with Crippen molar-refractivity contribution < 1.29 is 15.0 Å². The van der Waals surface area contributed by atoms with E-state index in [1.54, 1.807) is 6.92 Å². The number of carboxylic acid groups (broad SMARTS) is 1. The Bertz CT molecular complexity index is 293. The van der Waals surface area contributed by atoms with Crippen molar-refractivity contribution in [3.8, 4) is 11.8 Å². The monoisotopic (exact) mass is 226 g/mol. The molecule has 0 aromatic heterocycles. The smallest absolute Gasteiger partial charge is 0.300 e. The van der Waals surface area contributed by atoms with Crippen LogP contribution in [0.2, 0.25) is 0 Å². The Balaban J connectivity index is 0. The first-order valence-electron chi connectivity index (χ1n) is 5.25. The van der Waals surface area contributed by atoms with Crippen molar-refractivity contribution in [1.82, 2.24) is 0 Å². The van der Waals surface area contributed by atoms with Gasteiger partial charge in [0.2, 0.25) is 0 Å². The van der Waals surface area contributed by atoms with E-state index < -0.39 is 12.1 Å². The molecule has 0 aromatic carbocycles. The Morgan fingerprint density at radius 1 is 1.12 bits per heavy atom. The Morgan fingerprint density at radius 2 is 1.50 bits per heavy atom. The second kappa shape index (κ2) is 8.99. The minimum absolute atomic E-state index is 0.446. The molecule has 0 aliphatic heterocycles. The van der Waals surface area contributed by atoms with E-state index in [-0.39, 0.29) is 0 Å². The number of hydrogen-bond donors (Lipinski definition) is 2. The van der Waals surface area contributed by atoms with Gasteiger partial charge in [-0.25, -0.2) is 0 Å². The van der Waals surface area contributed by atoms with E-state index in [1.165, 1.54) is 5.57 Å². The summed E-state index contributed by atoms with van der Waals surface area (Å²) in [6.07, 6.45) is -0.530. The Labute approximate surface area is 98.2 Å². The molecule has 1 atom stereocenters. The highest BCUT2D eigenvalue weighted by molar-refractivity contribution is 5.62. The van der Waals surface area contributed by atoms with Gasteiger partial charge in [0.15, 0.2) is 0 Å². The van der Waals surface area contributed by atoms with Crippen LogP contribution < -0.4 is 0 Å². The number of carbonyl (C=O) groups is 1. The number of aliphatic carboxylic acids is 1. The highest BCUT2D eigenvalue weighted by Crippen LogP contribution is 2.12. The molecule has 3 nitrogen and oxygen atoms in total. The fourth-order valence-corrected chi connectivity index (χ4v) is 1.03. The van der Waals surface area contributed by atoms with Gasteiger partial charge < -0.3 is 10.2 Å². The summed E-state index contributed by atoms with van der Waals surface area (Å²) < 4.78 is 0. The normalized spacial score (nSPS) is 10.5. The Morgan fingerprint density at radius 3 is 1.69 bits per heavy atom. The van der Waals surface area contributed by atoms with E-state index >= 15 is 0 Å². The topological polar surface area (TPSA) is 57.5 Å². The molecule has 0 heterocycles. The van der Waals surface area contributed by atoms with Crippen molar-refractivity contribution in [1.29, 1.82) is 0 Å². The van der Waals surface area contributed by atoms with E-state index in [1.807, 2.05) is 13.8 Å². The highest BCUT2D eigenvalue weighted by atomic mass is 16.4. The number of rotatable bonds is 1. The maximum atomic E-state index is 9.00. The molecule has 0 aliphatic rings. The van der Waals surface area contributed by atoms with Crippen LogP contribution in [0.5, 0.6) is 0 Å². The third-order valence-electron chi connectivity index (χ3n) is 1.53. The molecule has 0 aromatic rings. The summed E-state index contributed by atoms with van der Waals surface area (Å²) in [6.45, 7) is 11.1. The molecule has 0 rings (SSSR count). The molecule has 0 fully saturated rings. The Kier molecular flexibility index (Phi) is 9.63. The van der Waals surface area contributed by atoms with E-state index in [9.17, 15) is 0 Å². The summed E-state index contributed by atoms with van der Waals surface area (Å²) in [5, 5.41) is 16.4. The average molecular weight is 226 g/mol. The van der Waals surface area contributed by atoms with Crippen LogP contribution in [0.15, 0.2) is 11.1 Å². The molecule has 0 bridgehead atoms. The summed E-state index contributed by atoms with van der Waals surface area (Å²) in [7, 11) is 0. The zero-order chi connectivity index (χ0) is 13.3. The molecule has 2 N–H and O–H groups in total. The number of carboxylic acids is 1. The maximum Gasteiger partial charge on any atom is 0.300 e. The summed E-state index contributed by atoms with van der Waals surface area (Å²) in [5.74, 6) is 5.37. The van der Waals surface area contributed by atoms with Gasteiger partial charge in [-0.2, -0.15) is 0 Å². The molecule has 0 spiro atoms. The highest BCUT2D eigenvalue weighted by Gasteiger charge is 2.00. The van der Waals surface area contributed by atoms with Crippen molar-refractivity contribution in [2.75, 3.05) is 0 Å². The van der Waals surface area contributed by atoms with Crippen molar-refractivity contribution in [2.24, 2.45) is 5.92 Å². The van der Waals surface area contributed by atoms with Crippen LogP contribution in [0.1, 0.15) is 41.5 Å². The van der Waals surface area contributed by atoms with Gasteiger partial charge in [0.05, 0.1) is 0 Å². The van der Waals surface area contributed by atoms with Crippen LogP contribution in [0.4, 0.5) is 0 Å². The fraction of sp³-hybridized carbons (Fsp3) is 0.615. The summed E-state index contributed by atoms with van der Waals surface area (Å²) in [6, 6.07) is 0. The molecule has 16 heavy (non-hydrogen) atoms. The predicted octanol–water partition coefficient (Wildman–Crippen LogP) is 2.45. The lowest BCUT2D eigenvalue weighted by molar-refractivity contribution is -0.134. The van der Waals surface area contributed by atoms with Crippen molar-refractivity contribution in [2.45, 2.75) is 47.6 Å². The minimum Gasteiger partial charge on any atom is -0.481 e. The first-order valence-corrected chi connectivity index (χ1v) is 5.25. The second-order valence-electron chi connectivity index (χ2n) is 4.03. The van der Waals surface area contributed by atoms with Gasteiger partial charge in [-0.1, -0.05) is 31.3 Å². The average Bonchev–Trinajstić information content (AvgIpc) is 2.00. The number of hydrogen-bond acceptors (Lipinski definition) is 2. The SMILES string of the molecule is CC(=O)O.CC(C)=C(C#CC(C)O)C(C)C. The van der Waals surface area contributed by atoms with Gasteiger partial charge >= 0.3 is 0 Å². The van der Waals surface area contributed by atoms with Gasteiger partial charge in [0, 0.05) is 12.5 Å². The van der Waals surface area contributed by atoms with Gasteiger partial charge in [-0.3, -0.25) is 4.79 Å². The summed E-state index contributed by atoms with van der Waals surface area (Å²) in [4.78, 5) is 9.00. The lowest BCUT2D eigenvalue weighted by Crippen LogP contribution is -1.97. The van der Waals surface area contributed by atoms with Crippen LogP contribution in [-0.2, 0) is 4.79 Å². The third-order valence-corrected chi connectivity index (χ3v) is 1.53. The summed E-state index contributed by atoms with van der Waals surface area (Å²) in [5.41, 5.74) is 2.37. The van der Waals surface area contributed by atoms with E-state index in [0.29, 0.717) is 5.92 Å². The number of aliphatic hydroxyl groups is 1. The molecular formula is C13H22O3. The van der Waals surface area contributed by atoms with Crippen LogP contribution in [0.25, 0.3) is 0 Å². The molecule has 0 amide bonds. The van der Waals surface area contributed by atoms with Crippen molar-refractivity contribution >= 4 is 5.97 Å². The molecular weight excluding hydrogens is 204 g/mol. The summed E-state index contributed by atoms with van der Waals surface area (Å²) >= 11 is 0. The molecule has 3 heteroatoms. The molecule has 0 saturated carbocycles. The molecule has 92 valence electrons. The minimum atomic E-state index is -0.833. The third kappa shape index (κ3) is 12.7. The standard InChI is InChI=1S/C11H18O.C2H4O2/c1-8(2)11(9(3)4)7-6-10(5)12;1-2(3)4/h8,10,12H,1-5H3;1H3,(H,3,4). The quantitative estimate of drug-likeness (QED) is 0.675. The zero-order valence-electron chi connectivity index (χ0n) is 11.0. The maximum absolute atomic E-state index is 9.00. The Hall–Kier alpha value is -1.27. The van der Waals surface area contributed by atoms with E-state index in [2.05, 4.69) is 25.7 Å². The zero-order valence-corrected chi connectivity index (χ0v) is 11.0. The largest absolute Gasteiger partial charge is 0.481 e. The van der Waals surface area contributed by atoms with Gasteiger partial charge in [0.25, 0.3) is 5.97 Å². The van der Waals surface area contributed by atoms with Crippen molar-refractivity contribution in [3.05, 3.63) is 11.1 Å². The van der Waals surface area contributed by atoms with Crippen LogP contribution in [0.3, 0.4) is 0 Å². The lowest BCUT2D eigenvalue weighted by Gasteiger charge is -2.05. The van der Waals surface area contributed by atoms with Crippen molar-refractivity contribution in [3.63, 3.8) is 0 Å². The van der Waals surface area contributed by atoms with Gasteiger partial charge in [-0.15, -0.1) is 0 Å². The van der Waals surface area contributed by atoms with E-state index in [0.717, 1.165) is 12.5 Å². The fourth-order valence-electron chi connectivity index (χ4n) is 1.03. The molecule has 0 radical (unpaired) electrons. The molecule has 0 saturated heterocycles. The first kappa shape index (κ1) is 17.1. The van der Waals surface area contributed by atoms with Gasteiger partial charge in [0.1, 0.15) is 6.10 Å². The van der Waals surface area contributed by atoms with Crippen LogP contribution in [0, 0.1) is 17.8 Å². The van der Waals surface area contributed by atoms with Crippen LogP contribution in [-0.4, -0.2) is 22.3 Å². The predicted molar refractivity (Wildman–Crippen MR) is 66.0 cm³/mol. The first-order chi connectivity index (χ1) is 7.18. The second-order valence-corrected chi connectivity index (χ2v) is 4.03. The van der Waals surface area contributed by atoms with Crippen LogP contribution >= 0.6 is 0 Å². The lowest BCUT2D eigenvalue weighted by atomic mass is 9.99. The van der Waals surface area contributed by atoms with E-state index in [4.69, 9.17) is 15.0 Å². The number of aliphatic hydroxyl groups excluding tert-OH is 1.